The predicted molar refractivity (Wildman–Crippen MR) is 122 cm³/mol. The highest BCUT2D eigenvalue weighted by atomic mass is 35.5. The van der Waals surface area contributed by atoms with Gasteiger partial charge in [0.2, 0.25) is 5.91 Å². The van der Waals surface area contributed by atoms with Gasteiger partial charge in [-0.3, -0.25) is 9.59 Å². The first kappa shape index (κ1) is 22.8. The van der Waals surface area contributed by atoms with Crippen molar-refractivity contribution >= 4 is 35.2 Å². The Morgan fingerprint density at radius 1 is 1.10 bits per heavy atom. The molecule has 3 rings (SSSR count). The fourth-order valence-corrected chi connectivity index (χ4v) is 3.82. The highest BCUT2D eigenvalue weighted by molar-refractivity contribution is 7.99. The molecule has 0 aliphatic carbocycles. The van der Waals surface area contributed by atoms with Gasteiger partial charge in [-0.1, -0.05) is 53.7 Å². The maximum Gasteiger partial charge on any atom is 0.251 e. The number of thioether (sulfide) groups is 1. The lowest BCUT2D eigenvalue weighted by atomic mass is 10.1. The third-order valence-electron chi connectivity index (χ3n) is 4.62. The quantitative estimate of drug-likeness (QED) is 0.481. The number of carbonyl (C=O) groups is 2. The highest BCUT2D eigenvalue weighted by Gasteiger charge is 2.19. The van der Waals surface area contributed by atoms with E-state index >= 15 is 0 Å². The summed E-state index contributed by atoms with van der Waals surface area (Å²) in [4.78, 5) is 24.5. The molecule has 9 heteroatoms. The average Bonchev–Trinajstić information content (AvgIpc) is 3.14. The van der Waals surface area contributed by atoms with Crippen molar-refractivity contribution in [2.75, 3.05) is 12.3 Å². The van der Waals surface area contributed by atoms with E-state index in [0.717, 1.165) is 6.42 Å². The van der Waals surface area contributed by atoms with Crippen LogP contribution in [0.4, 0.5) is 0 Å². The molecule has 3 aromatic rings. The van der Waals surface area contributed by atoms with E-state index in [4.69, 9.17) is 11.6 Å². The smallest absolute Gasteiger partial charge is 0.251 e. The Balaban J connectivity index is 1.48. The second-order valence-electron chi connectivity index (χ2n) is 6.98. The Morgan fingerprint density at radius 2 is 1.81 bits per heavy atom. The molecule has 0 aliphatic heterocycles. The molecular weight excluding hydrogens is 434 g/mol. The molecule has 2 N–H and O–H groups in total. The maximum absolute atomic E-state index is 12.4. The molecule has 0 bridgehead atoms. The summed E-state index contributed by atoms with van der Waals surface area (Å²) in [5.41, 5.74) is 1.70. The summed E-state index contributed by atoms with van der Waals surface area (Å²) in [5.74, 6) is 0.565. The van der Waals surface area contributed by atoms with Gasteiger partial charge in [-0.15, -0.1) is 10.2 Å². The Hall–Kier alpha value is -2.84. The van der Waals surface area contributed by atoms with Crippen LogP contribution in [0.3, 0.4) is 0 Å². The van der Waals surface area contributed by atoms with Gasteiger partial charge in [0.05, 0.1) is 11.8 Å². The lowest BCUT2D eigenvalue weighted by Crippen LogP contribution is -2.28. The zero-order valence-corrected chi connectivity index (χ0v) is 18.9. The van der Waals surface area contributed by atoms with E-state index in [1.165, 1.54) is 17.3 Å². The molecule has 0 saturated heterocycles. The largest absolute Gasteiger partial charge is 0.355 e. The maximum atomic E-state index is 12.4. The summed E-state index contributed by atoms with van der Waals surface area (Å²) >= 11 is 7.17. The molecule has 0 saturated carbocycles. The third kappa shape index (κ3) is 6.57. The molecule has 0 radical (unpaired) electrons. The normalized spacial score (nSPS) is 11.7. The van der Waals surface area contributed by atoms with E-state index in [2.05, 4.69) is 20.8 Å². The van der Waals surface area contributed by atoms with Crippen LogP contribution in [0, 0.1) is 0 Å². The molecule has 7 nitrogen and oxygen atoms in total. The average molecular weight is 458 g/mol. The fraction of sp³-hybridized carbons (Fsp3) is 0.273. The van der Waals surface area contributed by atoms with Crippen LogP contribution in [0.15, 0.2) is 59.8 Å². The zero-order valence-electron chi connectivity index (χ0n) is 17.3. The first-order chi connectivity index (χ1) is 14.9. The van der Waals surface area contributed by atoms with Crippen molar-refractivity contribution in [1.29, 1.82) is 0 Å². The molecule has 0 spiro atoms. The van der Waals surface area contributed by atoms with Crippen LogP contribution in [-0.2, 0) is 18.3 Å². The molecule has 0 aliphatic rings. The minimum absolute atomic E-state index is 0.0606. The molecule has 0 unspecified atom stereocenters. The summed E-state index contributed by atoms with van der Waals surface area (Å²) in [7, 11) is 1.82. The van der Waals surface area contributed by atoms with Crippen molar-refractivity contribution in [2.24, 2.45) is 7.05 Å². The van der Waals surface area contributed by atoms with Crippen LogP contribution in [-0.4, -0.2) is 38.9 Å². The summed E-state index contributed by atoms with van der Waals surface area (Å²) < 4.78 is 1.79. The standard InChI is InChI=1S/C22H24ClN5O2S/c1-15(25-21(30)17-8-10-18(23)11-9-17)20-26-27-22(28(20)2)31-14-19(29)24-13-12-16-6-4-3-5-7-16/h3-11,15H,12-14H2,1-2H3,(H,24,29)(H,25,30)/t15-/m0/s1. The van der Waals surface area contributed by atoms with Crippen LogP contribution in [0.2, 0.25) is 5.02 Å². The minimum Gasteiger partial charge on any atom is -0.355 e. The molecular formula is C22H24ClN5O2S. The van der Waals surface area contributed by atoms with Crippen molar-refractivity contribution < 1.29 is 9.59 Å². The number of aromatic nitrogens is 3. The van der Waals surface area contributed by atoms with Crippen LogP contribution in [0.25, 0.3) is 0 Å². The van der Waals surface area contributed by atoms with Gasteiger partial charge in [0.25, 0.3) is 5.91 Å². The van der Waals surface area contributed by atoms with Gasteiger partial charge < -0.3 is 15.2 Å². The first-order valence-corrected chi connectivity index (χ1v) is 11.2. The second-order valence-corrected chi connectivity index (χ2v) is 8.35. The van der Waals surface area contributed by atoms with Gasteiger partial charge in [-0.2, -0.15) is 0 Å². The van der Waals surface area contributed by atoms with E-state index in [0.29, 0.717) is 28.1 Å². The molecule has 1 atom stereocenters. The Bertz CT molecular complexity index is 1020. The van der Waals surface area contributed by atoms with Gasteiger partial charge in [-0.25, -0.2) is 0 Å². The topological polar surface area (TPSA) is 88.9 Å². The molecule has 2 aromatic carbocycles. The van der Waals surface area contributed by atoms with Crippen LogP contribution < -0.4 is 10.6 Å². The molecule has 1 heterocycles. The molecule has 2 amide bonds. The highest BCUT2D eigenvalue weighted by Crippen LogP contribution is 2.19. The number of hydrogen-bond acceptors (Lipinski definition) is 5. The SMILES string of the molecule is C[C@H](NC(=O)c1ccc(Cl)cc1)c1nnc(SCC(=O)NCCc2ccccc2)n1C. The number of carbonyl (C=O) groups excluding carboxylic acids is 2. The molecule has 162 valence electrons. The summed E-state index contributed by atoms with van der Waals surface area (Å²) in [6.07, 6.45) is 0.788. The van der Waals surface area contributed by atoms with Crippen LogP contribution in [0.1, 0.15) is 34.7 Å². The number of amides is 2. The van der Waals surface area contributed by atoms with Gasteiger partial charge in [0.15, 0.2) is 11.0 Å². The van der Waals surface area contributed by atoms with Crippen molar-refractivity contribution in [3.8, 4) is 0 Å². The first-order valence-electron chi connectivity index (χ1n) is 9.83. The van der Waals surface area contributed by atoms with E-state index in [-0.39, 0.29) is 23.6 Å². The third-order valence-corrected chi connectivity index (χ3v) is 5.89. The van der Waals surface area contributed by atoms with E-state index in [9.17, 15) is 9.59 Å². The Kier molecular flexibility index (Phi) is 8.08. The van der Waals surface area contributed by atoms with Crippen LogP contribution >= 0.6 is 23.4 Å². The predicted octanol–water partition coefficient (Wildman–Crippen LogP) is 3.41. The van der Waals surface area contributed by atoms with Gasteiger partial charge in [0, 0.05) is 24.2 Å². The van der Waals surface area contributed by atoms with Gasteiger partial charge in [-0.05, 0) is 43.2 Å². The minimum atomic E-state index is -0.352. The van der Waals surface area contributed by atoms with Gasteiger partial charge in [0.1, 0.15) is 0 Å². The molecule has 0 fully saturated rings. The number of nitrogens with one attached hydrogen (secondary N) is 2. The monoisotopic (exact) mass is 457 g/mol. The van der Waals surface area contributed by atoms with Crippen molar-refractivity contribution in [2.45, 2.75) is 24.5 Å². The molecule has 31 heavy (non-hydrogen) atoms. The fourth-order valence-electron chi connectivity index (χ4n) is 2.95. The Labute approximate surface area is 190 Å². The van der Waals surface area contributed by atoms with Crippen molar-refractivity contribution in [1.82, 2.24) is 25.4 Å². The summed E-state index contributed by atoms with van der Waals surface area (Å²) in [6, 6.07) is 16.3. The van der Waals surface area contributed by atoms with Crippen molar-refractivity contribution in [3.05, 3.63) is 76.6 Å². The van der Waals surface area contributed by atoms with Crippen molar-refractivity contribution in [3.63, 3.8) is 0 Å². The second kappa shape index (κ2) is 11.0. The molecule has 1 aromatic heterocycles. The number of rotatable bonds is 9. The van der Waals surface area contributed by atoms with E-state index < -0.39 is 0 Å². The lowest BCUT2D eigenvalue weighted by molar-refractivity contribution is -0.118. The van der Waals surface area contributed by atoms with E-state index in [1.807, 2.05) is 44.3 Å². The number of halogens is 1. The number of hydrogen-bond donors (Lipinski definition) is 2. The summed E-state index contributed by atoms with van der Waals surface area (Å²) in [6.45, 7) is 2.42. The van der Waals surface area contributed by atoms with Crippen LogP contribution in [0.5, 0.6) is 0 Å². The number of nitrogens with zero attached hydrogens (tertiary/aromatic N) is 3. The Morgan fingerprint density at radius 3 is 2.52 bits per heavy atom. The lowest BCUT2D eigenvalue weighted by Gasteiger charge is -2.13. The zero-order chi connectivity index (χ0) is 22.2. The summed E-state index contributed by atoms with van der Waals surface area (Å²) in [5, 5.41) is 15.3. The van der Waals surface area contributed by atoms with E-state index in [1.54, 1.807) is 28.8 Å². The van der Waals surface area contributed by atoms with Gasteiger partial charge >= 0.3 is 0 Å². The number of benzene rings is 2.